The summed E-state index contributed by atoms with van der Waals surface area (Å²) in [5.74, 6) is -3.54. The van der Waals surface area contributed by atoms with Gasteiger partial charge in [0.1, 0.15) is 6.04 Å². The van der Waals surface area contributed by atoms with Crippen LogP contribution < -0.4 is 0 Å². The Balaban J connectivity index is 1.78. The number of carbonyl (C=O) groups excluding carboxylic acids is 4. The van der Waals surface area contributed by atoms with Crippen LogP contribution in [0.1, 0.15) is 41.0 Å². The summed E-state index contributed by atoms with van der Waals surface area (Å²) in [5.41, 5.74) is 0.377. The number of carbonyl (C=O) groups is 4. The second kappa shape index (κ2) is 9.53. The van der Waals surface area contributed by atoms with Crippen LogP contribution in [0.2, 0.25) is 15.1 Å². The number of nitrogens with zero attached hydrogens (tertiary/aromatic N) is 2. The molecule has 4 rings (SSSR count). The van der Waals surface area contributed by atoms with Crippen LogP contribution in [-0.2, 0) is 9.59 Å². The Hall–Kier alpha value is -2.67. The maximum atomic E-state index is 13.7. The van der Waals surface area contributed by atoms with Gasteiger partial charge in [0.15, 0.2) is 5.78 Å². The molecule has 1 aliphatic carbocycles. The average Bonchev–Trinajstić information content (AvgIpc) is 3.07. The van der Waals surface area contributed by atoms with E-state index in [1.54, 1.807) is 12.1 Å². The lowest BCUT2D eigenvalue weighted by Crippen LogP contribution is -2.56. The Kier molecular flexibility index (Phi) is 6.85. The number of benzene rings is 2. The Morgan fingerprint density at radius 3 is 2.24 bits per heavy atom. The third-order valence-corrected chi connectivity index (χ3v) is 7.31. The van der Waals surface area contributed by atoms with Gasteiger partial charge in [-0.15, -0.1) is 0 Å². The highest BCUT2D eigenvalue weighted by atomic mass is 35.5. The molecule has 6 nitrogen and oxygen atoms in total. The number of halogens is 3. The maximum absolute atomic E-state index is 13.7. The van der Waals surface area contributed by atoms with E-state index in [1.807, 2.05) is 19.1 Å². The Labute approximate surface area is 212 Å². The van der Waals surface area contributed by atoms with Crippen molar-refractivity contribution in [3.05, 3.63) is 80.8 Å². The number of allylic oxidation sites excluding steroid dienone is 2. The molecule has 4 atom stereocenters. The zero-order valence-electron chi connectivity index (χ0n) is 18.4. The van der Waals surface area contributed by atoms with Gasteiger partial charge in [-0.05, 0) is 61.7 Å². The van der Waals surface area contributed by atoms with Crippen molar-refractivity contribution in [3.8, 4) is 0 Å². The van der Waals surface area contributed by atoms with Gasteiger partial charge in [-0.1, -0.05) is 53.9 Å². The molecule has 0 spiro atoms. The van der Waals surface area contributed by atoms with Gasteiger partial charge in [0.2, 0.25) is 0 Å². The lowest BCUT2D eigenvalue weighted by atomic mass is 9.78. The summed E-state index contributed by atoms with van der Waals surface area (Å²) in [6, 6.07) is 9.23. The predicted octanol–water partition coefficient (Wildman–Crippen LogP) is 5.47. The van der Waals surface area contributed by atoms with E-state index in [4.69, 9.17) is 34.8 Å². The van der Waals surface area contributed by atoms with E-state index >= 15 is 0 Å². The third kappa shape index (κ3) is 4.26. The molecule has 0 saturated carbocycles. The average molecular weight is 520 g/mol. The van der Waals surface area contributed by atoms with E-state index in [2.05, 4.69) is 0 Å². The standard InChI is InChI=1S/C25H21Cl3N2O4/c1-13-4-3-5-18-21(13)25(34)30(24(18)33)29(23(32)16-8-11-19(27)20(28)12-16)14(2)22(31)15-6-9-17(26)10-7-15/h3-4,6-14,18,21H,5H2,1-2H3/t13-,14-,18+,21+/m1/s1. The lowest BCUT2D eigenvalue weighted by Gasteiger charge is -2.35. The fourth-order valence-electron chi connectivity index (χ4n) is 4.51. The van der Waals surface area contributed by atoms with Crippen LogP contribution in [-0.4, -0.2) is 39.6 Å². The zero-order chi connectivity index (χ0) is 24.7. The molecule has 0 unspecified atom stereocenters. The lowest BCUT2D eigenvalue weighted by molar-refractivity contribution is -0.156. The fraction of sp³-hybridized carbons (Fsp3) is 0.280. The van der Waals surface area contributed by atoms with Crippen LogP contribution in [0.15, 0.2) is 54.6 Å². The summed E-state index contributed by atoms with van der Waals surface area (Å²) < 4.78 is 0. The molecule has 0 aromatic heterocycles. The molecule has 2 aromatic carbocycles. The van der Waals surface area contributed by atoms with E-state index in [0.717, 1.165) is 10.0 Å². The SMILES string of the molecule is C[C@@H]1C=CC[C@@H]2C(=O)N(N(C(=O)c3ccc(Cl)c(Cl)c3)[C@H](C)C(=O)c3ccc(Cl)cc3)C(=O)[C@@H]12. The number of hydrogen-bond donors (Lipinski definition) is 0. The quantitative estimate of drug-likeness (QED) is 0.298. The monoisotopic (exact) mass is 518 g/mol. The van der Waals surface area contributed by atoms with Gasteiger partial charge < -0.3 is 0 Å². The zero-order valence-corrected chi connectivity index (χ0v) is 20.6. The van der Waals surface area contributed by atoms with Gasteiger partial charge in [-0.2, -0.15) is 5.01 Å². The van der Waals surface area contributed by atoms with Crippen molar-refractivity contribution in [1.82, 2.24) is 10.0 Å². The highest BCUT2D eigenvalue weighted by molar-refractivity contribution is 6.42. The Bertz CT molecular complexity index is 1210. The molecule has 9 heteroatoms. The fourth-order valence-corrected chi connectivity index (χ4v) is 4.94. The number of ketones is 1. The van der Waals surface area contributed by atoms with Gasteiger partial charge in [-0.3, -0.25) is 19.2 Å². The molecule has 0 N–H and O–H groups in total. The maximum Gasteiger partial charge on any atom is 0.273 e. The van der Waals surface area contributed by atoms with Crippen molar-refractivity contribution in [1.29, 1.82) is 0 Å². The normalized spacial score (nSPS) is 22.5. The Morgan fingerprint density at radius 2 is 1.62 bits per heavy atom. The summed E-state index contributed by atoms with van der Waals surface area (Å²) in [6.45, 7) is 3.34. The highest BCUT2D eigenvalue weighted by Gasteiger charge is 2.54. The van der Waals surface area contributed by atoms with Crippen molar-refractivity contribution in [2.75, 3.05) is 0 Å². The third-order valence-electron chi connectivity index (χ3n) is 6.31. The predicted molar refractivity (Wildman–Crippen MR) is 130 cm³/mol. The summed E-state index contributed by atoms with van der Waals surface area (Å²) in [5, 5.41) is 2.63. The number of fused-ring (bicyclic) bond motifs is 1. The second-order valence-corrected chi connectivity index (χ2v) is 9.72. The summed E-state index contributed by atoms with van der Waals surface area (Å²) in [4.78, 5) is 53.9. The van der Waals surface area contributed by atoms with Crippen molar-refractivity contribution in [3.63, 3.8) is 0 Å². The number of amides is 3. The van der Waals surface area contributed by atoms with E-state index in [0.29, 0.717) is 11.4 Å². The van der Waals surface area contributed by atoms with Gasteiger partial charge in [0.25, 0.3) is 17.7 Å². The number of hydrazine groups is 1. The van der Waals surface area contributed by atoms with Crippen molar-refractivity contribution < 1.29 is 19.2 Å². The van der Waals surface area contributed by atoms with Gasteiger partial charge in [-0.25, -0.2) is 5.01 Å². The number of imide groups is 1. The van der Waals surface area contributed by atoms with Crippen LogP contribution in [0, 0.1) is 17.8 Å². The van der Waals surface area contributed by atoms with E-state index < -0.39 is 41.4 Å². The highest BCUT2D eigenvalue weighted by Crippen LogP contribution is 2.40. The first-order chi connectivity index (χ1) is 16.1. The van der Waals surface area contributed by atoms with Crippen molar-refractivity contribution in [2.24, 2.45) is 17.8 Å². The molecule has 2 aromatic rings. The molecule has 176 valence electrons. The van der Waals surface area contributed by atoms with Crippen LogP contribution in [0.5, 0.6) is 0 Å². The van der Waals surface area contributed by atoms with Crippen molar-refractivity contribution in [2.45, 2.75) is 26.3 Å². The van der Waals surface area contributed by atoms with Crippen LogP contribution in [0.4, 0.5) is 0 Å². The van der Waals surface area contributed by atoms with Crippen LogP contribution in [0.25, 0.3) is 0 Å². The molecule has 1 saturated heterocycles. The molecule has 3 amide bonds. The topological polar surface area (TPSA) is 74.8 Å². The summed E-state index contributed by atoms with van der Waals surface area (Å²) in [6.07, 6.45) is 4.15. The number of rotatable bonds is 5. The summed E-state index contributed by atoms with van der Waals surface area (Å²) in [7, 11) is 0. The Morgan fingerprint density at radius 1 is 0.971 bits per heavy atom. The second-order valence-electron chi connectivity index (χ2n) is 8.47. The van der Waals surface area contributed by atoms with Gasteiger partial charge in [0, 0.05) is 16.1 Å². The molecular formula is C25H21Cl3N2O4. The number of Topliss-reactive ketones (excluding diaryl/α,β-unsaturated/α-hetero) is 1. The molecule has 0 bridgehead atoms. The summed E-state index contributed by atoms with van der Waals surface area (Å²) >= 11 is 18.0. The molecule has 1 aliphatic heterocycles. The molecule has 1 fully saturated rings. The van der Waals surface area contributed by atoms with E-state index in [9.17, 15) is 19.2 Å². The minimum Gasteiger partial charge on any atom is -0.292 e. The molecule has 0 radical (unpaired) electrons. The van der Waals surface area contributed by atoms with Crippen LogP contribution in [0.3, 0.4) is 0 Å². The van der Waals surface area contributed by atoms with E-state index in [-0.39, 0.29) is 27.1 Å². The van der Waals surface area contributed by atoms with Gasteiger partial charge >= 0.3 is 0 Å². The first-order valence-corrected chi connectivity index (χ1v) is 11.9. The molecular weight excluding hydrogens is 499 g/mol. The largest absolute Gasteiger partial charge is 0.292 e. The first kappa shape index (κ1) is 24.5. The van der Waals surface area contributed by atoms with Crippen LogP contribution >= 0.6 is 34.8 Å². The molecule has 1 heterocycles. The van der Waals surface area contributed by atoms with Gasteiger partial charge in [0.05, 0.1) is 21.9 Å². The first-order valence-electron chi connectivity index (χ1n) is 10.7. The number of hydrogen-bond acceptors (Lipinski definition) is 4. The molecule has 34 heavy (non-hydrogen) atoms. The smallest absolute Gasteiger partial charge is 0.273 e. The van der Waals surface area contributed by atoms with E-state index in [1.165, 1.54) is 37.3 Å². The van der Waals surface area contributed by atoms with Crippen molar-refractivity contribution >= 4 is 58.3 Å². The minimum absolute atomic E-state index is 0.0896. The minimum atomic E-state index is -1.17. The molecule has 2 aliphatic rings.